The van der Waals surface area contributed by atoms with Gasteiger partial charge in [0.05, 0.1) is 24.2 Å². The largest absolute Gasteiger partial charge is 0.393 e. The summed E-state index contributed by atoms with van der Waals surface area (Å²) < 4.78 is 0. The Morgan fingerprint density at radius 1 is 1.25 bits per heavy atom. The number of aliphatic hydroxyl groups is 1. The van der Waals surface area contributed by atoms with E-state index in [2.05, 4.69) is 25.3 Å². The lowest BCUT2D eigenvalue weighted by Gasteiger charge is -2.30. The molecule has 0 bridgehead atoms. The number of fused-ring (bicyclic) bond motifs is 2. The Morgan fingerprint density at radius 2 is 2.06 bits per heavy atom. The van der Waals surface area contributed by atoms with Crippen molar-refractivity contribution in [3.63, 3.8) is 0 Å². The number of carbonyl (C=O) groups is 1. The molecule has 0 saturated carbocycles. The maximum absolute atomic E-state index is 13.5. The van der Waals surface area contributed by atoms with Crippen LogP contribution in [0.3, 0.4) is 0 Å². The standard InChI is InChI=1S/C23H25N7O2/c1-13-4-3-5-15-10-17(14(2)28-22-20-21(25-11-24-20)26-12-27-22)29-19(18(13)15)23(32)30-8-6-16(31)7-9-30/h3-5,10-12,14,16,31H,6-9H2,1-2H3,(H2,24,25,26,27,28)/t14-/m0/s1. The van der Waals surface area contributed by atoms with E-state index in [0.29, 0.717) is 43.1 Å². The molecular formula is C23H25N7O2. The maximum Gasteiger partial charge on any atom is 0.273 e. The van der Waals surface area contributed by atoms with Gasteiger partial charge in [0, 0.05) is 18.5 Å². The zero-order valence-electron chi connectivity index (χ0n) is 18.0. The minimum absolute atomic E-state index is 0.0942. The quantitative estimate of drug-likeness (QED) is 0.454. The molecule has 0 spiro atoms. The van der Waals surface area contributed by atoms with Crippen LogP contribution in [0.2, 0.25) is 0 Å². The minimum atomic E-state index is -0.340. The van der Waals surface area contributed by atoms with Crippen LogP contribution >= 0.6 is 0 Å². The van der Waals surface area contributed by atoms with Crippen LogP contribution in [0.25, 0.3) is 21.9 Å². The van der Waals surface area contributed by atoms with Crippen LogP contribution in [0.5, 0.6) is 0 Å². The van der Waals surface area contributed by atoms with Crippen molar-refractivity contribution in [3.8, 4) is 0 Å². The van der Waals surface area contributed by atoms with Crippen molar-refractivity contribution in [1.29, 1.82) is 0 Å². The Bertz CT molecular complexity index is 1290. The second kappa shape index (κ2) is 8.16. The lowest BCUT2D eigenvalue weighted by atomic mass is 10.00. The first kappa shape index (κ1) is 20.3. The molecule has 9 nitrogen and oxygen atoms in total. The topological polar surface area (TPSA) is 120 Å². The Morgan fingerprint density at radius 3 is 2.88 bits per heavy atom. The molecule has 0 aliphatic carbocycles. The van der Waals surface area contributed by atoms with E-state index in [1.54, 1.807) is 11.2 Å². The molecule has 4 heterocycles. The van der Waals surface area contributed by atoms with Crippen molar-refractivity contribution in [3.05, 3.63) is 53.9 Å². The Hall–Kier alpha value is -3.59. The summed E-state index contributed by atoms with van der Waals surface area (Å²) in [4.78, 5) is 35.8. The molecule has 1 aliphatic heterocycles. The lowest BCUT2D eigenvalue weighted by molar-refractivity contribution is 0.0543. The first-order chi connectivity index (χ1) is 15.5. The van der Waals surface area contributed by atoms with Crippen molar-refractivity contribution in [2.24, 2.45) is 0 Å². The van der Waals surface area contributed by atoms with E-state index < -0.39 is 0 Å². The van der Waals surface area contributed by atoms with Crippen molar-refractivity contribution in [2.75, 3.05) is 18.4 Å². The van der Waals surface area contributed by atoms with Gasteiger partial charge in [0.15, 0.2) is 11.5 Å². The van der Waals surface area contributed by atoms with Crippen LogP contribution in [0.4, 0.5) is 5.82 Å². The van der Waals surface area contributed by atoms with Crippen molar-refractivity contribution < 1.29 is 9.90 Å². The Balaban J connectivity index is 1.54. The number of pyridine rings is 1. The molecule has 1 atom stereocenters. The number of nitrogens with zero attached hydrogens (tertiary/aromatic N) is 5. The van der Waals surface area contributed by atoms with Gasteiger partial charge in [-0.15, -0.1) is 0 Å². The number of rotatable bonds is 4. The summed E-state index contributed by atoms with van der Waals surface area (Å²) in [6.45, 7) is 5.05. The molecule has 3 N–H and O–H groups in total. The molecule has 3 aromatic heterocycles. The van der Waals surface area contributed by atoms with Crippen molar-refractivity contribution >= 4 is 33.7 Å². The van der Waals surface area contributed by atoms with Crippen LogP contribution in [-0.2, 0) is 0 Å². The predicted octanol–water partition coefficient (Wildman–Crippen LogP) is 2.98. The number of aryl methyl sites for hydroxylation is 1. The molecule has 4 aromatic rings. The summed E-state index contributed by atoms with van der Waals surface area (Å²) in [7, 11) is 0. The number of aliphatic hydroxyl groups excluding tert-OH is 1. The van der Waals surface area contributed by atoms with E-state index in [4.69, 9.17) is 4.98 Å². The molecule has 0 unspecified atom stereocenters. The number of aromatic nitrogens is 5. The smallest absolute Gasteiger partial charge is 0.273 e. The van der Waals surface area contributed by atoms with Crippen LogP contribution in [-0.4, -0.2) is 60.0 Å². The SMILES string of the molecule is Cc1cccc2cc([C@H](C)Nc3ncnc4nc[nH]c34)nc(C(=O)N3CCC(O)CC3)c12. The molecule has 1 amide bonds. The minimum Gasteiger partial charge on any atom is -0.393 e. The fourth-order valence-corrected chi connectivity index (χ4v) is 4.26. The van der Waals surface area contributed by atoms with E-state index in [9.17, 15) is 9.90 Å². The van der Waals surface area contributed by atoms with E-state index in [1.165, 1.54) is 6.33 Å². The van der Waals surface area contributed by atoms with Crippen molar-refractivity contribution in [1.82, 2.24) is 29.8 Å². The number of hydrogen-bond donors (Lipinski definition) is 3. The van der Waals surface area contributed by atoms with E-state index in [-0.39, 0.29) is 18.1 Å². The third-order valence-corrected chi connectivity index (χ3v) is 6.06. The summed E-state index contributed by atoms with van der Waals surface area (Å²) in [6, 6.07) is 7.80. The Labute approximate surface area is 184 Å². The highest BCUT2D eigenvalue weighted by Crippen LogP contribution is 2.28. The number of hydrogen-bond acceptors (Lipinski definition) is 7. The molecule has 32 heavy (non-hydrogen) atoms. The molecule has 9 heteroatoms. The highest BCUT2D eigenvalue weighted by Gasteiger charge is 2.26. The van der Waals surface area contributed by atoms with Gasteiger partial charge >= 0.3 is 0 Å². The second-order valence-electron chi connectivity index (χ2n) is 8.28. The molecule has 164 valence electrons. The maximum atomic E-state index is 13.5. The van der Waals surface area contributed by atoms with Gasteiger partial charge in [-0.2, -0.15) is 0 Å². The summed E-state index contributed by atoms with van der Waals surface area (Å²) >= 11 is 0. The zero-order chi connectivity index (χ0) is 22.2. The summed E-state index contributed by atoms with van der Waals surface area (Å²) in [5, 5.41) is 15.1. The normalized spacial score (nSPS) is 15.9. The van der Waals surface area contributed by atoms with Gasteiger partial charge in [0.2, 0.25) is 0 Å². The fourth-order valence-electron chi connectivity index (χ4n) is 4.26. The van der Waals surface area contributed by atoms with Gasteiger partial charge in [0.1, 0.15) is 17.5 Å². The van der Waals surface area contributed by atoms with Gasteiger partial charge in [-0.25, -0.2) is 19.9 Å². The number of anilines is 1. The van der Waals surface area contributed by atoms with E-state index in [1.807, 2.05) is 38.1 Å². The third-order valence-electron chi connectivity index (χ3n) is 6.06. The van der Waals surface area contributed by atoms with Crippen LogP contribution < -0.4 is 5.32 Å². The van der Waals surface area contributed by atoms with Crippen LogP contribution in [0.15, 0.2) is 36.9 Å². The molecule has 1 saturated heterocycles. The highest BCUT2D eigenvalue weighted by atomic mass is 16.3. The highest BCUT2D eigenvalue weighted by molar-refractivity contribution is 6.06. The number of H-pyrrole nitrogens is 1. The van der Waals surface area contributed by atoms with Gasteiger partial charge in [0.25, 0.3) is 5.91 Å². The molecular weight excluding hydrogens is 406 g/mol. The molecule has 1 aliphatic rings. The summed E-state index contributed by atoms with van der Waals surface area (Å²) in [5.74, 6) is 0.535. The molecule has 1 aromatic carbocycles. The average molecular weight is 432 g/mol. The zero-order valence-corrected chi connectivity index (χ0v) is 18.0. The van der Waals surface area contributed by atoms with Gasteiger partial charge in [-0.3, -0.25) is 4.79 Å². The third kappa shape index (κ3) is 3.64. The monoisotopic (exact) mass is 431 g/mol. The van der Waals surface area contributed by atoms with Crippen LogP contribution in [0.1, 0.15) is 47.6 Å². The van der Waals surface area contributed by atoms with Gasteiger partial charge < -0.3 is 20.3 Å². The molecule has 0 radical (unpaired) electrons. The van der Waals surface area contributed by atoms with Gasteiger partial charge in [-0.1, -0.05) is 18.2 Å². The number of imidazole rings is 1. The number of piperidine rings is 1. The number of aromatic amines is 1. The fraction of sp³-hybridized carbons (Fsp3) is 0.348. The molecule has 1 fully saturated rings. The number of nitrogens with one attached hydrogen (secondary N) is 2. The lowest BCUT2D eigenvalue weighted by Crippen LogP contribution is -2.40. The van der Waals surface area contributed by atoms with E-state index in [0.717, 1.165) is 27.5 Å². The number of amides is 1. The number of benzene rings is 1. The number of carbonyl (C=O) groups excluding carboxylic acids is 1. The van der Waals surface area contributed by atoms with E-state index >= 15 is 0 Å². The second-order valence-corrected chi connectivity index (χ2v) is 8.28. The average Bonchev–Trinajstić information content (AvgIpc) is 3.28. The van der Waals surface area contributed by atoms with Gasteiger partial charge in [-0.05, 0) is 43.7 Å². The summed E-state index contributed by atoms with van der Waals surface area (Å²) in [5.41, 5.74) is 3.52. The van der Waals surface area contributed by atoms with Crippen molar-refractivity contribution in [2.45, 2.75) is 38.8 Å². The van der Waals surface area contributed by atoms with Crippen LogP contribution in [0, 0.1) is 6.92 Å². The predicted molar refractivity (Wildman–Crippen MR) is 121 cm³/mol. The molecule has 5 rings (SSSR count). The first-order valence-corrected chi connectivity index (χ1v) is 10.8. The Kier molecular flexibility index (Phi) is 5.18. The number of likely N-dealkylation sites (tertiary alicyclic amines) is 1. The summed E-state index contributed by atoms with van der Waals surface area (Å²) in [6.07, 6.45) is 3.89. The first-order valence-electron chi connectivity index (χ1n) is 10.8.